The van der Waals surface area contributed by atoms with Gasteiger partial charge < -0.3 is 20.8 Å². The lowest BCUT2D eigenvalue weighted by atomic mass is 9.78. The normalized spacial score (nSPS) is 27.4. The van der Waals surface area contributed by atoms with E-state index in [-0.39, 0.29) is 6.04 Å². The first-order valence-electron chi connectivity index (χ1n) is 6.83. The van der Waals surface area contributed by atoms with Crippen LogP contribution in [0.2, 0.25) is 0 Å². The van der Waals surface area contributed by atoms with Crippen LogP contribution < -0.4 is 10.6 Å². The zero-order valence-corrected chi connectivity index (χ0v) is 11.8. The van der Waals surface area contributed by atoms with E-state index in [1.165, 1.54) is 0 Å². The highest BCUT2D eigenvalue weighted by Crippen LogP contribution is 2.29. The molecule has 0 aromatic heterocycles. The molecule has 2 amide bonds. The summed E-state index contributed by atoms with van der Waals surface area (Å²) in [5, 5.41) is 22.4. The Morgan fingerprint density at radius 2 is 1.85 bits per heavy atom. The summed E-state index contributed by atoms with van der Waals surface area (Å²) >= 11 is 0. The van der Waals surface area contributed by atoms with E-state index < -0.39 is 30.4 Å². The van der Waals surface area contributed by atoms with E-state index >= 15 is 0 Å². The minimum absolute atomic E-state index is 0.00183. The third-order valence-electron chi connectivity index (χ3n) is 4.01. The highest BCUT2D eigenvalue weighted by atomic mass is 16.4. The predicted octanol–water partition coefficient (Wildman–Crippen LogP) is 1.04. The van der Waals surface area contributed by atoms with Crippen LogP contribution in [-0.4, -0.2) is 40.3 Å². The van der Waals surface area contributed by atoms with E-state index in [0.29, 0.717) is 11.8 Å². The van der Waals surface area contributed by atoms with Crippen molar-refractivity contribution in [3.8, 4) is 0 Å². The Labute approximate surface area is 117 Å². The molecule has 0 aliphatic heterocycles. The SMILES string of the molecule is CC1CCCC(NC(=O)NC(CC(=O)O)C(=O)O)C1C. The van der Waals surface area contributed by atoms with Crippen LogP contribution in [0.4, 0.5) is 4.79 Å². The lowest BCUT2D eigenvalue weighted by Crippen LogP contribution is -2.52. The second kappa shape index (κ2) is 7.12. The van der Waals surface area contributed by atoms with Crippen LogP contribution >= 0.6 is 0 Å². The molecule has 0 aromatic carbocycles. The van der Waals surface area contributed by atoms with Crippen LogP contribution in [-0.2, 0) is 9.59 Å². The predicted molar refractivity (Wildman–Crippen MR) is 71.3 cm³/mol. The van der Waals surface area contributed by atoms with Gasteiger partial charge in [0.2, 0.25) is 0 Å². The molecular weight excluding hydrogens is 264 g/mol. The van der Waals surface area contributed by atoms with Crippen molar-refractivity contribution in [1.82, 2.24) is 10.6 Å². The Kier molecular flexibility index (Phi) is 5.79. The zero-order valence-electron chi connectivity index (χ0n) is 11.8. The van der Waals surface area contributed by atoms with Gasteiger partial charge in [0.15, 0.2) is 0 Å². The van der Waals surface area contributed by atoms with Crippen molar-refractivity contribution >= 4 is 18.0 Å². The molecule has 0 radical (unpaired) electrons. The van der Waals surface area contributed by atoms with E-state index in [4.69, 9.17) is 10.2 Å². The van der Waals surface area contributed by atoms with Crippen molar-refractivity contribution in [2.75, 3.05) is 0 Å². The summed E-state index contributed by atoms with van der Waals surface area (Å²) < 4.78 is 0. The second-order valence-corrected chi connectivity index (χ2v) is 5.48. The lowest BCUT2D eigenvalue weighted by molar-refractivity contribution is -0.145. The first-order chi connectivity index (χ1) is 9.31. The molecule has 114 valence electrons. The van der Waals surface area contributed by atoms with E-state index in [9.17, 15) is 14.4 Å². The summed E-state index contributed by atoms with van der Waals surface area (Å²) in [5.74, 6) is -1.80. The molecular formula is C13H22N2O5. The standard InChI is InChI=1S/C13H22N2O5/c1-7-4-3-5-9(8(7)2)14-13(20)15-10(12(18)19)6-11(16)17/h7-10H,3-6H2,1-2H3,(H,16,17)(H,18,19)(H2,14,15,20). The number of carboxylic acids is 2. The van der Waals surface area contributed by atoms with Crippen molar-refractivity contribution in [2.24, 2.45) is 11.8 Å². The summed E-state index contributed by atoms with van der Waals surface area (Å²) in [6.45, 7) is 4.18. The Morgan fingerprint density at radius 1 is 1.20 bits per heavy atom. The maximum Gasteiger partial charge on any atom is 0.326 e. The number of urea groups is 1. The van der Waals surface area contributed by atoms with Gasteiger partial charge in [-0.1, -0.05) is 26.7 Å². The molecule has 7 heteroatoms. The number of hydrogen-bond donors (Lipinski definition) is 4. The number of rotatable bonds is 5. The smallest absolute Gasteiger partial charge is 0.326 e. The van der Waals surface area contributed by atoms with E-state index in [1.807, 2.05) is 0 Å². The molecule has 1 aliphatic rings. The van der Waals surface area contributed by atoms with Gasteiger partial charge in [-0.05, 0) is 18.3 Å². The highest BCUT2D eigenvalue weighted by Gasteiger charge is 2.29. The topological polar surface area (TPSA) is 116 Å². The van der Waals surface area contributed by atoms with Gasteiger partial charge in [-0.15, -0.1) is 0 Å². The molecule has 0 bridgehead atoms. The zero-order chi connectivity index (χ0) is 15.3. The molecule has 20 heavy (non-hydrogen) atoms. The third kappa shape index (κ3) is 4.71. The maximum atomic E-state index is 11.8. The summed E-state index contributed by atoms with van der Waals surface area (Å²) in [5.41, 5.74) is 0. The molecule has 1 rings (SSSR count). The number of carbonyl (C=O) groups excluding carboxylic acids is 1. The van der Waals surface area contributed by atoms with E-state index in [2.05, 4.69) is 24.5 Å². The van der Waals surface area contributed by atoms with Crippen molar-refractivity contribution in [3.05, 3.63) is 0 Å². The van der Waals surface area contributed by atoms with E-state index in [0.717, 1.165) is 19.3 Å². The Hall–Kier alpha value is -1.79. The Balaban J connectivity index is 2.52. The fraction of sp³-hybridized carbons (Fsp3) is 0.769. The molecule has 4 unspecified atom stereocenters. The summed E-state index contributed by atoms with van der Waals surface area (Å²) in [6, 6.07) is -2.04. The number of nitrogens with one attached hydrogen (secondary N) is 2. The van der Waals surface area contributed by atoms with Gasteiger partial charge >= 0.3 is 18.0 Å². The van der Waals surface area contributed by atoms with Gasteiger partial charge in [0.1, 0.15) is 6.04 Å². The van der Waals surface area contributed by atoms with Crippen LogP contribution in [0.15, 0.2) is 0 Å². The average molecular weight is 286 g/mol. The monoisotopic (exact) mass is 286 g/mol. The molecule has 7 nitrogen and oxygen atoms in total. The Morgan fingerprint density at radius 3 is 2.40 bits per heavy atom. The molecule has 4 atom stereocenters. The molecule has 4 N–H and O–H groups in total. The number of hydrogen-bond acceptors (Lipinski definition) is 3. The van der Waals surface area contributed by atoms with Crippen LogP contribution in [0, 0.1) is 11.8 Å². The summed E-state index contributed by atoms with van der Waals surface area (Å²) in [6.07, 6.45) is 2.36. The number of aliphatic carboxylic acids is 2. The van der Waals surface area contributed by atoms with Gasteiger partial charge in [0, 0.05) is 6.04 Å². The van der Waals surface area contributed by atoms with Crippen molar-refractivity contribution < 1.29 is 24.6 Å². The van der Waals surface area contributed by atoms with Gasteiger partial charge in [-0.2, -0.15) is 0 Å². The van der Waals surface area contributed by atoms with Gasteiger partial charge in [-0.25, -0.2) is 9.59 Å². The molecule has 0 heterocycles. The van der Waals surface area contributed by atoms with Crippen molar-refractivity contribution in [2.45, 2.75) is 51.6 Å². The molecule has 1 fully saturated rings. The first kappa shape index (κ1) is 16.3. The molecule has 1 saturated carbocycles. The van der Waals surface area contributed by atoms with Crippen LogP contribution in [0.1, 0.15) is 39.5 Å². The molecule has 0 aromatic rings. The maximum absolute atomic E-state index is 11.8. The fourth-order valence-electron chi connectivity index (χ4n) is 2.53. The van der Waals surface area contributed by atoms with Gasteiger partial charge in [-0.3, -0.25) is 4.79 Å². The van der Waals surface area contributed by atoms with Gasteiger partial charge in [0.05, 0.1) is 6.42 Å². The van der Waals surface area contributed by atoms with Crippen molar-refractivity contribution in [3.63, 3.8) is 0 Å². The molecule has 0 spiro atoms. The minimum Gasteiger partial charge on any atom is -0.481 e. The van der Waals surface area contributed by atoms with Gasteiger partial charge in [0.25, 0.3) is 0 Å². The van der Waals surface area contributed by atoms with Crippen molar-refractivity contribution in [1.29, 1.82) is 0 Å². The second-order valence-electron chi connectivity index (χ2n) is 5.48. The minimum atomic E-state index is -1.41. The fourth-order valence-corrected chi connectivity index (χ4v) is 2.53. The number of carbonyl (C=O) groups is 3. The summed E-state index contributed by atoms with van der Waals surface area (Å²) in [7, 11) is 0. The average Bonchev–Trinajstić information content (AvgIpc) is 2.33. The largest absolute Gasteiger partial charge is 0.481 e. The molecule has 0 saturated heterocycles. The van der Waals surface area contributed by atoms with Crippen LogP contribution in [0.25, 0.3) is 0 Å². The third-order valence-corrected chi connectivity index (χ3v) is 4.01. The van der Waals surface area contributed by atoms with Crippen LogP contribution in [0.3, 0.4) is 0 Å². The summed E-state index contributed by atoms with van der Waals surface area (Å²) in [4.78, 5) is 33.2. The molecule has 1 aliphatic carbocycles. The highest BCUT2D eigenvalue weighted by molar-refractivity contribution is 5.86. The lowest BCUT2D eigenvalue weighted by Gasteiger charge is -2.34. The number of amides is 2. The van der Waals surface area contributed by atoms with Crippen LogP contribution in [0.5, 0.6) is 0 Å². The first-order valence-corrected chi connectivity index (χ1v) is 6.83. The van der Waals surface area contributed by atoms with E-state index in [1.54, 1.807) is 0 Å². The Bertz CT molecular complexity index is 385. The quantitative estimate of drug-likeness (QED) is 0.602. The number of carboxylic acid groups (broad SMARTS) is 2.